The van der Waals surface area contributed by atoms with E-state index in [0.717, 1.165) is 22.3 Å². The quantitative estimate of drug-likeness (QED) is 0.619. The summed E-state index contributed by atoms with van der Waals surface area (Å²) >= 11 is 3.49. The number of halogens is 1. The van der Waals surface area contributed by atoms with Crippen molar-refractivity contribution in [2.75, 3.05) is 0 Å². The van der Waals surface area contributed by atoms with Gasteiger partial charge in [0.2, 0.25) is 0 Å². The molecule has 0 unspecified atom stereocenters. The van der Waals surface area contributed by atoms with Crippen molar-refractivity contribution in [1.82, 2.24) is 4.98 Å². The van der Waals surface area contributed by atoms with Crippen LogP contribution in [0.4, 0.5) is 0 Å². The van der Waals surface area contributed by atoms with Crippen LogP contribution >= 0.6 is 15.9 Å². The minimum atomic E-state index is 0.775. The maximum Gasteiger partial charge on any atom is 0.0783 e. The summed E-state index contributed by atoms with van der Waals surface area (Å²) in [6.45, 7) is 0. The molecule has 18 heavy (non-hydrogen) atoms. The van der Waals surface area contributed by atoms with Gasteiger partial charge < -0.3 is 0 Å². The minimum absolute atomic E-state index is 0.775. The van der Waals surface area contributed by atoms with E-state index >= 15 is 0 Å². The first-order valence-corrected chi connectivity index (χ1v) is 7.00. The topological polar surface area (TPSA) is 12.9 Å². The monoisotopic (exact) mass is 297 g/mol. The summed E-state index contributed by atoms with van der Waals surface area (Å²) in [5.41, 5.74) is 3.28. The van der Waals surface area contributed by atoms with Crippen molar-refractivity contribution in [3.05, 3.63) is 66.4 Å². The molecule has 0 aliphatic rings. The summed E-state index contributed by atoms with van der Waals surface area (Å²) in [6.07, 6.45) is 0. The number of hydrogen-bond donors (Lipinski definition) is 0. The van der Waals surface area contributed by atoms with Crippen molar-refractivity contribution in [2.45, 2.75) is 5.33 Å². The fourth-order valence-corrected chi connectivity index (χ4v) is 2.43. The van der Waals surface area contributed by atoms with Crippen LogP contribution in [-0.2, 0) is 5.33 Å². The summed E-state index contributed by atoms with van der Waals surface area (Å²) in [6, 6.07) is 20.9. The van der Waals surface area contributed by atoms with Gasteiger partial charge in [0, 0.05) is 16.3 Å². The number of nitrogens with zero attached hydrogens (tertiary/aromatic N) is 1. The number of fused-ring (bicyclic) bond motifs is 1. The normalized spacial score (nSPS) is 10.7. The van der Waals surface area contributed by atoms with Crippen molar-refractivity contribution in [1.29, 1.82) is 0 Å². The molecule has 3 aromatic rings. The second-order valence-electron chi connectivity index (χ2n) is 4.18. The average molecular weight is 298 g/mol. The number of alkyl halides is 1. The Kier molecular flexibility index (Phi) is 3.11. The van der Waals surface area contributed by atoms with Crippen molar-refractivity contribution < 1.29 is 0 Å². The van der Waals surface area contributed by atoms with Gasteiger partial charge in [0.1, 0.15) is 0 Å². The molecule has 1 nitrogen and oxygen atoms in total. The Bertz CT molecular complexity index is 677. The highest BCUT2D eigenvalue weighted by Crippen LogP contribution is 2.27. The highest BCUT2D eigenvalue weighted by atomic mass is 79.9. The van der Waals surface area contributed by atoms with E-state index < -0.39 is 0 Å². The summed E-state index contributed by atoms with van der Waals surface area (Å²) in [5.74, 6) is 0. The lowest BCUT2D eigenvalue weighted by molar-refractivity contribution is 1.21. The molecule has 0 saturated heterocycles. The van der Waals surface area contributed by atoms with Gasteiger partial charge in [0.15, 0.2) is 0 Å². The molecule has 0 spiro atoms. The number of rotatable bonds is 2. The van der Waals surface area contributed by atoms with E-state index in [-0.39, 0.29) is 0 Å². The number of pyridine rings is 1. The van der Waals surface area contributed by atoms with E-state index in [1.54, 1.807) is 0 Å². The SMILES string of the molecule is BrCc1cc2ccccc2c(-c2ccccc2)n1. The van der Waals surface area contributed by atoms with Gasteiger partial charge in [-0.15, -0.1) is 0 Å². The third-order valence-electron chi connectivity index (χ3n) is 2.98. The van der Waals surface area contributed by atoms with E-state index in [4.69, 9.17) is 4.98 Å². The fourth-order valence-electron chi connectivity index (χ4n) is 2.14. The fraction of sp³-hybridized carbons (Fsp3) is 0.0625. The molecule has 1 heterocycles. The largest absolute Gasteiger partial charge is 0.251 e. The third kappa shape index (κ3) is 2.04. The van der Waals surface area contributed by atoms with E-state index in [2.05, 4.69) is 58.4 Å². The van der Waals surface area contributed by atoms with Crippen LogP contribution in [0.1, 0.15) is 5.69 Å². The van der Waals surface area contributed by atoms with Gasteiger partial charge >= 0.3 is 0 Å². The summed E-state index contributed by atoms with van der Waals surface area (Å²) in [5, 5.41) is 3.21. The number of hydrogen-bond acceptors (Lipinski definition) is 1. The first-order chi connectivity index (χ1) is 8.88. The van der Waals surface area contributed by atoms with Gasteiger partial charge in [-0.1, -0.05) is 70.5 Å². The van der Waals surface area contributed by atoms with Gasteiger partial charge in [-0.2, -0.15) is 0 Å². The van der Waals surface area contributed by atoms with Crippen molar-refractivity contribution in [3.63, 3.8) is 0 Å². The average Bonchev–Trinajstić information content (AvgIpc) is 2.47. The van der Waals surface area contributed by atoms with Gasteiger partial charge in [-0.3, -0.25) is 4.98 Å². The van der Waals surface area contributed by atoms with Crippen LogP contribution in [0.3, 0.4) is 0 Å². The first kappa shape index (κ1) is 11.4. The maximum absolute atomic E-state index is 4.74. The van der Waals surface area contributed by atoms with Crippen LogP contribution in [0.15, 0.2) is 60.7 Å². The molecule has 0 aliphatic carbocycles. The molecule has 2 aromatic carbocycles. The summed E-state index contributed by atoms with van der Waals surface area (Å²) in [4.78, 5) is 4.74. The van der Waals surface area contributed by atoms with Crippen molar-refractivity contribution >= 4 is 26.7 Å². The molecule has 0 fully saturated rings. The van der Waals surface area contributed by atoms with Crippen LogP contribution < -0.4 is 0 Å². The zero-order chi connectivity index (χ0) is 12.4. The molecule has 1 aromatic heterocycles. The van der Waals surface area contributed by atoms with Crippen LogP contribution in [0.25, 0.3) is 22.0 Å². The van der Waals surface area contributed by atoms with Gasteiger partial charge in [0.05, 0.1) is 11.4 Å². The van der Waals surface area contributed by atoms with Crippen LogP contribution in [0, 0.1) is 0 Å². The molecule has 2 heteroatoms. The molecule has 0 N–H and O–H groups in total. The molecular weight excluding hydrogens is 286 g/mol. The predicted molar refractivity (Wildman–Crippen MR) is 79.8 cm³/mol. The Hall–Kier alpha value is -1.67. The van der Waals surface area contributed by atoms with E-state index in [1.807, 2.05) is 18.2 Å². The minimum Gasteiger partial charge on any atom is -0.251 e. The summed E-state index contributed by atoms with van der Waals surface area (Å²) in [7, 11) is 0. The lowest BCUT2D eigenvalue weighted by atomic mass is 10.0. The molecule has 0 atom stereocenters. The molecule has 0 aliphatic heterocycles. The Morgan fingerprint density at radius 3 is 2.39 bits per heavy atom. The molecule has 3 rings (SSSR count). The second kappa shape index (κ2) is 4.91. The smallest absolute Gasteiger partial charge is 0.0783 e. The Labute approximate surface area is 115 Å². The predicted octanol–water partition coefficient (Wildman–Crippen LogP) is 4.80. The van der Waals surface area contributed by atoms with E-state index in [9.17, 15) is 0 Å². The highest BCUT2D eigenvalue weighted by Gasteiger charge is 2.06. The zero-order valence-corrected chi connectivity index (χ0v) is 11.4. The van der Waals surface area contributed by atoms with Crippen molar-refractivity contribution in [3.8, 4) is 11.3 Å². The van der Waals surface area contributed by atoms with Gasteiger partial charge in [-0.25, -0.2) is 0 Å². The van der Waals surface area contributed by atoms with Crippen LogP contribution in [-0.4, -0.2) is 4.98 Å². The lowest BCUT2D eigenvalue weighted by Gasteiger charge is -2.08. The highest BCUT2D eigenvalue weighted by molar-refractivity contribution is 9.08. The van der Waals surface area contributed by atoms with Crippen LogP contribution in [0.2, 0.25) is 0 Å². The molecule has 0 amide bonds. The molecule has 0 radical (unpaired) electrons. The van der Waals surface area contributed by atoms with Crippen LogP contribution in [0.5, 0.6) is 0 Å². The third-order valence-corrected chi connectivity index (χ3v) is 3.55. The zero-order valence-electron chi connectivity index (χ0n) is 9.81. The second-order valence-corrected chi connectivity index (χ2v) is 4.74. The Morgan fingerprint density at radius 1 is 0.889 bits per heavy atom. The van der Waals surface area contributed by atoms with Gasteiger partial charge in [0.25, 0.3) is 0 Å². The van der Waals surface area contributed by atoms with Crippen molar-refractivity contribution in [2.24, 2.45) is 0 Å². The Morgan fingerprint density at radius 2 is 1.61 bits per heavy atom. The molecule has 88 valence electrons. The maximum atomic E-state index is 4.74. The van der Waals surface area contributed by atoms with Gasteiger partial charge in [-0.05, 0) is 11.5 Å². The van der Waals surface area contributed by atoms with E-state index in [0.29, 0.717) is 0 Å². The first-order valence-electron chi connectivity index (χ1n) is 5.88. The molecule has 0 saturated carbocycles. The number of aromatic nitrogens is 1. The standard InChI is InChI=1S/C16H12BrN/c17-11-14-10-13-8-4-5-9-15(13)16(18-14)12-6-2-1-3-7-12/h1-10H,11H2. The lowest BCUT2D eigenvalue weighted by Crippen LogP contribution is -1.91. The summed E-state index contributed by atoms with van der Waals surface area (Å²) < 4.78 is 0. The Balaban J connectivity index is 2.33. The molecular formula is C16H12BrN. The molecule has 0 bridgehead atoms. The number of benzene rings is 2. The van der Waals surface area contributed by atoms with E-state index in [1.165, 1.54) is 10.8 Å².